The van der Waals surface area contributed by atoms with Crippen molar-refractivity contribution in [3.63, 3.8) is 0 Å². The van der Waals surface area contributed by atoms with Gasteiger partial charge in [-0.05, 0) is 42.9 Å². The first-order valence-corrected chi connectivity index (χ1v) is 7.03. The van der Waals surface area contributed by atoms with Crippen molar-refractivity contribution >= 4 is 11.6 Å². The van der Waals surface area contributed by atoms with Crippen LogP contribution in [0.5, 0.6) is 0 Å². The lowest BCUT2D eigenvalue weighted by molar-refractivity contribution is -0.120. The third-order valence-corrected chi connectivity index (χ3v) is 3.72. The van der Waals surface area contributed by atoms with Gasteiger partial charge in [0.2, 0.25) is 5.91 Å². The lowest BCUT2D eigenvalue weighted by atomic mass is 9.98. The summed E-state index contributed by atoms with van der Waals surface area (Å²) in [6.07, 6.45) is 2.93. The number of anilines is 1. The molecular weight excluding hydrogens is 222 g/mol. The maximum absolute atomic E-state index is 11.9. The zero-order valence-corrected chi connectivity index (χ0v) is 12.0. The smallest absolute Gasteiger partial charge is 0.227 e. The number of amides is 1. The molecule has 0 radical (unpaired) electrons. The van der Waals surface area contributed by atoms with Crippen molar-refractivity contribution in [1.82, 2.24) is 0 Å². The van der Waals surface area contributed by atoms with Gasteiger partial charge in [-0.25, -0.2) is 0 Å². The van der Waals surface area contributed by atoms with Crippen molar-refractivity contribution in [3.8, 4) is 0 Å². The van der Waals surface area contributed by atoms with E-state index in [1.807, 2.05) is 12.1 Å². The Labute approximate surface area is 111 Å². The second kappa shape index (κ2) is 7.20. The molecule has 0 fully saturated rings. The molecular formula is C16H25NO. The molecule has 1 aromatic rings. The summed E-state index contributed by atoms with van der Waals surface area (Å²) in [5.41, 5.74) is 2.23. The average molecular weight is 247 g/mol. The second-order valence-corrected chi connectivity index (χ2v) is 4.93. The second-order valence-electron chi connectivity index (χ2n) is 4.93. The Balaban J connectivity index is 2.66. The fourth-order valence-electron chi connectivity index (χ4n) is 2.03. The molecule has 0 aliphatic heterocycles. The van der Waals surface area contributed by atoms with Gasteiger partial charge in [0.05, 0.1) is 0 Å². The number of benzene rings is 1. The van der Waals surface area contributed by atoms with E-state index in [1.165, 1.54) is 5.56 Å². The summed E-state index contributed by atoms with van der Waals surface area (Å²) in [6, 6.07) is 8.22. The maximum atomic E-state index is 11.9. The molecule has 1 atom stereocenters. The molecule has 2 heteroatoms. The average Bonchev–Trinajstić information content (AvgIpc) is 2.40. The quantitative estimate of drug-likeness (QED) is 0.783. The van der Waals surface area contributed by atoms with Crippen molar-refractivity contribution in [2.75, 3.05) is 5.32 Å². The van der Waals surface area contributed by atoms with Crippen LogP contribution < -0.4 is 5.32 Å². The highest BCUT2D eigenvalue weighted by Gasteiger charge is 2.14. The van der Waals surface area contributed by atoms with Gasteiger partial charge in [0.15, 0.2) is 0 Å². The summed E-state index contributed by atoms with van der Waals surface area (Å²) in [4.78, 5) is 11.9. The van der Waals surface area contributed by atoms with Gasteiger partial charge < -0.3 is 5.32 Å². The zero-order chi connectivity index (χ0) is 13.5. The predicted octanol–water partition coefficient (Wildman–Crippen LogP) is 4.57. The zero-order valence-electron chi connectivity index (χ0n) is 12.0. The Morgan fingerprint density at radius 2 is 1.61 bits per heavy atom. The standard InChI is InChI=1S/C16H25NO/c1-5-12(4)14-8-10-15(11-9-14)17-16(18)13(6-2)7-3/h8-13H,5-7H2,1-4H3,(H,17,18). The molecule has 1 aromatic carbocycles. The van der Waals surface area contributed by atoms with Crippen LogP contribution in [0.3, 0.4) is 0 Å². The Hall–Kier alpha value is -1.31. The van der Waals surface area contributed by atoms with E-state index in [1.54, 1.807) is 0 Å². The number of carbonyl (C=O) groups excluding carboxylic acids is 1. The Kier molecular flexibility index (Phi) is 5.90. The van der Waals surface area contributed by atoms with E-state index in [2.05, 4.69) is 45.1 Å². The van der Waals surface area contributed by atoms with Gasteiger partial charge in [-0.1, -0.05) is 39.8 Å². The minimum absolute atomic E-state index is 0.124. The molecule has 2 nitrogen and oxygen atoms in total. The van der Waals surface area contributed by atoms with Crippen molar-refractivity contribution in [1.29, 1.82) is 0 Å². The molecule has 0 spiro atoms. The predicted molar refractivity (Wildman–Crippen MR) is 77.8 cm³/mol. The molecule has 1 unspecified atom stereocenters. The molecule has 0 aromatic heterocycles. The van der Waals surface area contributed by atoms with Crippen molar-refractivity contribution in [2.45, 2.75) is 52.9 Å². The molecule has 0 saturated heterocycles. The Morgan fingerprint density at radius 3 is 2.06 bits per heavy atom. The number of nitrogens with one attached hydrogen (secondary N) is 1. The van der Waals surface area contributed by atoms with E-state index in [9.17, 15) is 4.79 Å². The van der Waals surface area contributed by atoms with Crippen LogP contribution in [-0.2, 0) is 4.79 Å². The van der Waals surface area contributed by atoms with Crippen LogP contribution in [0.1, 0.15) is 58.4 Å². The summed E-state index contributed by atoms with van der Waals surface area (Å²) < 4.78 is 0. The molecule has 0 aliphatic carbocycles. The highest BCUT2D eigenvalue weighted by molar-refractivity contribution is 5.92. The van der Waals surface area contributed by atoms with Crippen LogP contribution in [-0.4, -0.2) is 5.91 Å². The first-order chi connectivity index (χ1) is 8.62. The fraction of sp³-hybridized carbons (Fsp3) is 0.562. The largest absolute Gasteiger partial charge is 0.326 e. The van der Waals surface area contributed by atoms with E-state index in [0.717, 1.165) is 24.9 Å². The van der Waals surface area contributed by atoms with Crippen LogP contribution in [0.4, 0.5) is 5.69 Å². The first-order valence-electron chi connectivity index (χ1n) is 7.03. The van der Waals surface area contributed by atoms with E-state index in [0.29, 0.717) is 5.92 Å². The number of carbonyl (C=O) groups is 1. The molecule has 18 heavy (non-hydrogen) atoms. The monoisotopic (exact) mass is 247 g/mol. The Morgan fingerprint density at radius 1 is 1.06 bits per heavy atom. The van der Waals surface area contributed by atoms with Gasteiger partial charge in [-0.15, -0.1) is 0 Å². The van der Waals surface area contributed by atoms with Crippen LogP contribution in [0.2, 0.25) is 0 Å². The van der Waals surface area contributed by atoms with E-state index < -0.39 is 0 Å². The van der Waals surface area contributed by atoms with Crippen molar-refractivity contribution in [3.05, 3.63) is 29.8 Å². The molecule has 0 bridgehead atoms. The van der Waals surface area contributed by atoms with Gasteiger partial charge in [0, 0.05) is 11.6 Å². The summed E-state index contributed by atoms with van der Waals surface area (Å²) in [5, 5.41) is 2.99. The molecule has 1 rings (SSSR count). The van der Waals surface area contributed by atoms with E-state index in [4.69, 9.17) is 0 Å². The molecule has 100 valence electrons. The van der Waals surface area contributed by atoms with Crippen LogP contribution >= 0.6 is 0 Å². The van der Waals surface area contributed by atoms with E-state index in [-0.39, 0.29) is 11.8 Å². The van der Waals surface area contributed by atoms with Gasteiger partial charge >= 0.3 is 0 Å². The number of hydrogen-bond donors (Lipinski definition) is 1. The van der Waals surface area contributed by atoms with Crippen LogP contribution in [0.25, 0.3) is 0 Å². The lowest BCUT2D eigenvalue weighted by Gasteiger charge is -2.14. The SMILES string of the molecule is CCC(CC)C(=O)Nc1ccc(C(C)CC)cc1. The molecule has 1 N–H and O–H groups in total. The third-order valence-electron chi connectivity index (χ3n) is 3.72. The topological polar surface area (TPSA) is 29.1 Å². The third kappa shape index (κ3) is 3.86. The molecule has 0 aliphatic rings. The van der Waals surface area contributed by atoms with Gasteiger partial charge in [-0.3, -0.25) is 4.79 Å². The van der Waals surface area contributed by atoms with E-state index >= 15 is 0 Å². The summed E-state index contributed by atoms with van der Waals surface area (Å²) in [7, 11) is 0. The van der Waals surface area contributed by atoms with Gasteiger partial charge in [-0.2, -0.15) is 0 Å². The highest BCUT2D eigenvalue weighted by Crippen LogP contribution is 2.21. The summed E-state index contributed by atoms with van der Waals surface area (Å²) in [6.45, 7) is 8.52. The number of rotatable bonds is 6. The number of hydrogen-bond acceptors (Lipinski definition) is 1. The lowest BCUT2D eigenvalue weighted by Crippen LogP contribution is -2.21. The first kappa shape index (κ1) is 14.7. The summed E-state index contributed by atoms with van der Waals surface area (Å²) >= 11 is 0. The van der Waals surface area contributed by atoms with Crippen LogP contribution in [0.15, 0.2) is 24.3 Å². The van der Waals surface area contributed by atoms with Crippen molar-refractivity contribution in [2.24, 2.45) is 5.92 Å². The Bertz CT molecular complexity index is 365. The van der Waals surface area contributed by atoms with Gasteiger partial charge in [0.25, 0.3) is 0 Å². The minimum Gasteiger partial charge on any atom is -0.326 e. The molecule has 0 saturated carbocycles. The highest BCUT2D eigenvalue weighted by atomic mass is 16.1. The summed E-state index contributed by atoms with van der Waals surface area (Å²) in [5.74, 6) is 0.837. The fourth-order valence-corrected chi connectivity index (χ4v) is 2.03. The minimum atomic E-state index is 0.124. The van der Waals surface area contributed by atoms with Gasteiger partial charge in [0.1, 0.15) is 0 Å². The molecule has 0 heterocycles. The normalized spacial score (nSPS) is 12.5. The maximum Gasteiger partial charge on any atom is 0.227 e. The van der Waals surface area contributed by atoms with Crippen LogP contribution in [0, 0.1) is 5.92 Å². The molecule has 1 amide bonds. The van der Waals surface area contributed by atoms with Crippen molar-refractivity contribution < 1.29 is 4.79 Å².